The summed E-state index contributed by atoms with van der Waals surface area (Å²) >= 11 is 0. The number of methoxy groups -OCH3 is 1. The van der Waals surface area contributed by atoms with Gasteiger partial charge in [0.25, 0.3) is 0 Å². The fraction of sp³-hybridized carbons (Fsp3) is 0.588. The van der Waals surface area contributed by atoms with Crippen LogP contribution in [0.4, 0.5) is 0 Å². The fourth-order valence-corrected chi connectivity index (χ4v) is 3.67. The van der Waals surface area contributed by atoms with E-state index in [-0.39, 0.29) is 12.4 Å². The lowest BCUT2D eigenvalue weighted by Gasteiger charge is -2.28. The van der Waals surface area contributed by atoms with E-state index in [1.54, 1.807) is 7.11 Å². The van der Waals surface area contributed by atoms with Crippen molar-refractivity contribution in [3.63, 3.8) is 0 Å². The molecular formula is C17H25ClN2O2. The third kappa shape index (κ3) is 3.55. The molecule has 2 heterocycles. The molecule has 2 bridgehead atoms. The van der Waals surface area contributed by atoms with Gasteiger partial charge in [0, 0.05) is 25.0 Å². The van der Waals surface area contributed by atoms with Gasteiger partial charge in [0.1, 0.15) is 5.75 Å². The molecule has 0 spiro atoms. The molecule has 1 amide bonds. The van der Waals surface area contributed by atoms with Gasteiger partial charge in [-0.3, -0.25) is 4.79 Å². The smallest absolute Gasteiger partial charge is 0.223 e. The molecule has 22 heavy (non-hydrogen) atoms. The number of nitrogens with zero attached hydrogens (tertiary/aromatic N) is 1. The number of fused-ring (bicyclic) bond motifs is 2. The molecule has 2 saturated heterocycles. The molecule has 4 nitrogen and oxygen atoms in total. The quantitative estimate of drug-likeness (QED) is 0.924. The van der Waals surface area contributed by atoms with Gasteiger partial charge in [0.15, 0.2) is 0 Å². The number of hydrogen-bond acceptors (Lipinski definition) is 3. The number of halogens is 1. The van der Waals surface area contributed by atoms with E-state index in [4.69, 9.17) is 4.74 Å². The van der Waals surface area contributed by atoms with Crippen LogP contribution in [0, 0.1) is 0 Å². The average Bonchev–Trinajstić information content (AvgIpc) is 2.78. The van der Waals surface area contributed by atoms with Crippen molar-refractivity contribution in [3.8, 4) is 5.75 Å². The van der Waals surface area contributed by atoms with Crippen LogP contribution < -0.4 is 10.1 Å². The van der Waals surface area contributed by atoms with Crippen LogP contribution in [-0.4, -0.2) is 43.1 Å². The molecule has 0 aliphatic carbocycles. The number of nitrogens with one attached hydrogen (secondary N) is 1. The Bertz CT molecular complexity index is 495. The Labute approximate surface area is 138 Å². The van der Waals surface area contributed by atoms with Crippen molar-refractivity contribution in [2.45, 2.75) is 44.2 Å². The van der Waals surface area contributed by atoms with Gasteiger partial charge in [-0.25, -0.2) is 0 Å². The molecule has 1 aromatic carbocycles. The monoisotopic (exact) mass is 324 g/mol. The minimum absolute atomic E-state index is 0. The number of carbonyl (C=O) groups is 1. The summed E-state index contributed by atoms with van der Waals surface area (Å²) in [5, 5.41) is 3.44. The van der Waals surface area contributed by atoms with Crippen LogP contribution in [0.25, 0.3) is 0 Å². The number of para-hydroxylation sites is 1. The summed E-state index contributed by atoms with van der Waals surface area (Å²) in [6.07, 6.45) is 4.75. The van der Waals surface area contributed by atoms with Crippen molar-refractivity contribution >= 4 is 18.3 Å². The molecule has 2 aliphatic rings. The number of carbonyl (C=O) groups excluding carboxylic acids is 1. The van der Waals surface area contributed by atoms with Crippen molar-refractivity contribution < 1.29 is 9.53 Å². The highest BCUT2D eigenvalue weighted by Crippen LogP contribution is 2.29. The molecular weight excluding hydrogens is 300 g/mol. The maximum absolute atomic E-state index is 12.6. The van der Waals surface area contributed by atoms with Gasteiger partial charge in [-0.15, -0.1) is 12.4 Å². The molecule has 1 aromatic rings. The van der Waals surface area contributed by atoms with Crippen LogP contribution >= 0.6 is 12.4 Å². The lowest BCUT2D eigenvalue weighted by molar-refractivity contribution is -0.133. The third-order valence-electron chi connectivity index (χ3n) is 4.74. The van der Waals surface area contributed by atoms with Gasteiger partial charge in [-0.1, -0.05) is 18.2 Å². The molecule has 2 fully saturated rings. The summed E-state index contributed by atoms with van der Waals surface area (Å²) in [6.45, 7) is 1.99. The van der Waals surface area contributed by atoms with E-state index in [0.29, 0.717) is 24.4 Å². The second kappa shape index (κ2) is 7.84. The predicted octanol–water partition coefficient (Wildman–Crippen LogP) is 2.40. The Morgan fingerprint density at radius 3 is 2.86 bits per heavy atom. The third-order valence-corrected chi connectivity index (χ3v) is 4.74. The summed E-state index contributed by atoms with van der Waals surface area (Å²) in [5.74, 6) is 1.18. The molecule has 2 aliphatic heterocycles. The Balaban J connectivity index is 0.00000176. The number of ether oxygens (including phenoxy) is 1. The Morgan fingerprint density at radius 2 is 2.05 bits per heavy atom. The van der Waals surface area contributed by atoms with Gasteiger partial charge in [0.2, 0.25) is 5.91 Å². The first-order valence-corrected chi connectivity index (χ1v) is 7.93. The zero-order valence-electron chi connectivity index (χ0n) is 13.1. The van der Waals surface area contributed by atoms with Gasteiger partial charge < -0.3 is 15.0 Å². The minimum Gasteiger partial charge on any atom is -0.496 e. The Morgan fingerprint density at radius 1 is 1.27 bits per heavy atom. The predicted molar refractivity (Wildman–Crippen MR) is 89.7 cm³/mol. The van der Waals surface area contributed by atoms with Gasteiger partial charge in [-0.2, -0.15) is 0 Å². The number of amides is 1. The van der Waals surface area contributed by atoms with Crippen molar-refractivity contribution in [1.82, 2.24) is 10.2 Å². The maximum Gasteiger partial charge on any atom is 0.223 e. The average molecular weight is 325 g/mol. The zero-order valence-corrected chi connectivity index (χ0v) is 13.9. The van der Waals surface area contributed by atoms with Crippen molar-refractivity contribution in [3.05, 3.63) is 29.8 Å². The largest absolute Gasteiger partial charge is 0.496 e. The van der Waals surface area contributed by atoms with E-state index in [0.717, 1.165) is 43.7 Å². The molecule has 2 atom stereocenters. The molecule has 0 radical (unpaired) electrons. The Hall–Kier alpha value is -1.26. The minimum atomic E-state index is 0. The molecule has 1 N–H and O–H groups in total. The summed E-state index contributed by atoms with van der Waals surface area (Å²) in [6, 6.07) is 8.83. The van der Waals surface area contributed by atoms with Crippen molar-refractivity contribution in [1.29, 1.82) is 0 Å². The topological polar surface area (TPSA) is 41.6 Å². The normalized spacial score (nSPS) is 23.6. The first kappa shape index (κ1) is 17.1. The molecule has 2 unspecified atom stereocenters. The number of hydrogen-bond donors (Lipinski definition) is 1. The number of benzene rings is 1. The second-order valence-electron chi connectivity index (χ2n) is 5.99. The van der Waals surface area contributed by atoms with E-state index < -0.39 is 0 Å². The molecule has 3 rings (SSSR count). The second-order valence-corrected chi connectivity index (χ2v) is 5.99. The van der Waals surface area contributed by atoms with Gasteiger partial charge in [-0.05, 0) is 43.9 Å². The summed E-state index contributed by atoms with van der Waals surface area (Å²) in [5.41, 5.74) is 1.12. The summed E-state index contributed by atoms with van der Waals surface area (Å²) < 4.78 is 5.36. The van der Waals surface area contributed by atoms with E-state index in [1.807, 2.05) is 24.3 Å². The zero-order chi connectivity index (χ0) is 14.7. The first-order valence-electron chi connectivity index (χ1n) is 7.93. The summed E-state index contributed by atoms with van der Waals surface area (Å²) in [7, 11) is 1.68. The highest BCUT2D eigenvalue weighted by molar-refractivity contribution is 5.85. The van der Waals surface area contributed by atoms with Crippen LogP contribution in [0.1, 0.15) is 31.2 Å². The van der Waals surface area contributed by atoms with Crippen LogP contribution in [0.15, 0.2) is 24.3 Å². The number of rotatable bonds is 4. The highest BCUT2D eigenvalue weighted by atomic mass is 35.5. The molecule has 0 aromatic heterocycles. The number of aryl methyl sites for hydroxylation is 1. The van der Waals surface area contributed by atoms with Gasteiger partial charge >= 0.3 is 0 Å². The van der Waals surface area contributed by atoms with Crippen molar-refractivity contribution in [2.75, 3.05) is 20.2 Å². The van der Waals surface area contributed by atoms with E-state index in [2.05, 4.69) is 10.2 Å². The standard InChI is InChI=1S/C17H24N2O2.ClH/c1-21-16-5-3-2-4-13(16)6-9-17(20)19-14-7-8-15(19)12-18-11-10-14;/h2-5,14-15,18H,6-12H2,1H3;1H. The Kier molecular flexibility index (Phi) is 6.09. The van der Waals surface area contributed by atoms with E-state index in [1.165, 1.54) is 6.42 Å². The summed E-state index contributed by atoms with van der Waals surface area (Å²) in [4.78, 5) is 14.8. The van der Waals surface area contributed by atoms with E-state index >= 15 is 0 Å². The molecule has 122 valence electrons. The fourth-order valence-electron chi connectivity index (χ4n) is 3.67. The highest BCUT2D eigenvalue weighted by Gasteiger charge is 2.37. The maximum atomic E-state index is 12.6. The first-order chi connectivity index (χ1) is 10.3. The van der Waals surface area contributed by atoms with Crippen LogP contribution in [0.3, 0.4) is 0 Å². The van der Waals surface area contributed by atoms with Crippen LogP contribution in [0.2, 0.25) is 0 Å². The molecule has 5 heteroatoms. The van der Waals surface area contributed by atoms with Crippen molar-refractivity contribution in [2.24, 2.45) is 0 Å². The lowest BCUT2D eigenvalue weighted by atomic mass is 10.1. The van der Waals surface area contributed by atoms with Crippen LogP contribution in [-0.2, 0) is 11.2 Å². The van der Waals surface area contributed by atoms with Gasteiger partial charge in [0.05, 0.1) is 7.11 Å². The SMILES string of the molecule is COc1ccccc1CCC(=O)N1C2CCNCC1CC2.Cl. The lowest BCUT2D eigenvalue weighted by Crippen LogP contribution is -2.42. The van der Waals surface area contributed by atoms with E-state index in [9.17, 15) is 4.79 Å². The molecule has 0 saturated carbocycles. The van der Waals surface area contributed by atoms with Crippen LogP contribution in [0.5, 0.6) is 5.75 Å².